The molecule has 0 unspecified atom stereocenters. The van der Waals surface area contributed by atoms with Gasteiger partial charge in [-0.25, -0.2) is 4.98 Å². The summed E-state index contributed by atoms with van der Waals surface area (Å²) in [6.45, 7) is 0.436. The second-order valence-electron chi connectivity index (χ2n) is 5.99. The molecule has 4 rings (SSSR count). The van der Waals surface area contributed by atoms with Gasteiger partial charge in [-0.2, -0.15) is 0 Å². The predicted molar refractivity (Wildman–Crippen MR) is 124 cm³/mol. The zero-order chi connectivity index (χ0) is 20.8. The molecule has 0 amide bonds. The van der Waals surface area contributed by atoms with E-state index >= 15 is 0 Å². The molecule has 0 aliphatic heterocycles. The average molecular weight is 477 g/mol. The summed E-state index contributed by atoms with van der Waals surface area (Å²) in [5.41, 5.74) is 1.94. The Bertz CT molecular complexity index is 1080. The van der Waals surface area contributed by atoms with Crippen LogP contribution in [0.4, 0.5) is 10.8 Å². The number of aromatic nitrogens is 3. The Labute approximate surface area is 191 Å². The number of hydrogen-bond acceptors (Lipinski definition) is 9. The van der Waals surface area contributed by atoms with Crippen LogP contribution in [0.1, 0.15) is 10.7 Å². The van der Waals surface area contributed by atoms with Crippen LogP contribution >= 0.6 is 46.0 Å². The van der Waals surface area contributed by atoms with Crippen molar-refractivity contribution < 1.29 is 9.47 Å². The van der Waals surface area contributed by atoms with Crippen molar-refractivity contribution in [2.75, 3.05) is 12.4 Å². The van der Waals surface area contributed by atoms with E-state index < -0.39 is 0 Å². The first-order valence-corrected chi connectivity index (χ1v) is 11.9. The zero-order valence-corrected chi connectivity index (χ0v) is 19.1. The summed E-state index contributed by atoms with van der Waals surface area (Å²) in [5, 5.41) is 16.1. The summed E-state index contributed by atoms with van der Waals surface area (Å²) in [4.78, 5) is 4.62. The van der Waals surface area contributed by atoms with Gasteiger partial charge in [-0.15, -0.1) is 21.5 Å². The van der Waals surface area contributed by atoms with Crippen molar-refractivity contribution in [2.45, 2.75) is 16.7 Å². The van der Waals surface area contributed by atoms with E-state index in [1.807, 2.05) is 41.8 Å². The molecule has 0 aliphatic rings. The van der Waals surface area contributed by atoms with Crippen LogP contribution in [0.2, 0.25) is 5.02 Å². The maximum Gasteiger partial charge on any atom is 0.210 e. The quantitative estimate of drug-likeness (QED) is 0.285. The van der Waals surface area contributed by atoms with Crippen LogP contribution in [0.5, 0.6) is 11.5 Å². The van der Waals surface area contributed by atoms with Gasteiger partial charge in [0.15, 0.2) is 4.34 Å². The monoisotopic (exact) mass is 476 g/mol. The minimum atomic E-state index is 0.436. The third-order valence-corrected chi connectivity index (χ3v) is 7.00. The molecule has 0 saturated heterocycles. The average Bonchev–Trinajstić information content (AvgIpc) is 3.42. The highest BCUT2D eigenvalue weighted by Gasteiger charge is 2.09. The Morgan fingerprint density at radius 2 is 1.80 bits per heavy atom. The number of nitrogens with one attached hydrogen (secondary N) is 1. The molecule has 4 aromatic rings. The molecule has 30 heavy (non-hydrogen) atoms. The fraction of sp³-hybridized carbons (Fsp3) is 0.150. The zero-order valence-electron chi connectivity index (χ0n) is 15.9. The standard InChI is InChI=1S/C20H17ClN4O2S3/c1-26-16-8-4-14(5-9-16)23-19-24-25-20(30-19)29-12-15-11-28-18(22-15)10-27-17-6-2-13(21)3-7-17/h2-9,11H,10,12H2,1H3,(H,23,24). The molecule has 0 spiro atoms. The molecule has 10 heteroatoms. The molecular weight excluding hydrogens is 460 g/mol. The first kappa shape index (κ1) is 20.9. The lowest BCUT2D eigenvalue weighted by Crippen LogP contribution is -1.95. The first-order valence-electron chi connectivity index (χ1n) is 8.87. The number of halogens is 1. The summed E-state index contributed by atoms with van der Waals surface area (Å²) >= 11 is 10.6. The lowest BCUT2D eigenvalue weighted by atomic mass is 10.3. The first-order chi connectivity index (χ1) is 14.7. The number of thiazole rings is 1. The van der Waals surface area contributed by atoms with Gasteiger partial charge in [0.2, 0.25) is 5.13 Å². The fourth-order valence-electron chi connectivity index (χ4n) is 2.41. The van der Waals surface area contributed by atoms with Gasteiger partial charge in [0, 0.05) is 21.8 Å². The lowest BCUT2D eigenvalue weighted by Gasteiger charge is -2.03. The van der Waals surface area contributed by atoms with Gasteiger partial charge in [-0.05, 0) is 48.5 Å². The molecule has 1 N–H and O–H groups in total. The molecule has 154 valence electrons. The van der Waals surface area contributed by atoms with Gasteiger partial charge in [-0.1, -0.05) is 34.7 Å². The Morgan fingerprint density at radius 3 is 2.57 bits per heavy atom. The van der Waals surface area contributed by atoms with Crippen molar-refractivity contribution in [3.05, 3.63) is 69.6 Å². The van der Waals surface area contributed by atoms with E-state index in [2.05, 4.69) is 20.5 Å². The second kappa shape index (κ2) is 10.1. The van der Waals surface area contributed by atoms with Crippen molar-refractivity contribution in [1.82, 2.24) is 15.2 Å². The maximum atomic E-state index is 5.89. The maximum absolute atomic E-state index is 5.89. The van der Waals surface area contributed by atoms with Gasteiger partial charge in [0.05, 0.1) is 12.8 Å². The van der Waals surface area contributed by atoms with Crippen LogP contribution in [-0.4, -0.2) is 22.3 Å². The highest BCUT2D eigenvalue weighted by Crippen LogP contribution is 2.30. The van der Waals surface area contributed by atoms with Crippen molar-refractivity contribution >= 4 is 56.9 Å². The number of anilines is 2. The van der Waals surface area contributed by atoms with Gasteiger partial charge in [0.25, 0.3) is 0 Å². The largest absolute Gasteiger partial charge is 0.497 e. The van der Waals surface area contributed by atoms with Crippen LogP contribution in [0.15, 0.2) is 58.3 Å². The summed E-state index contributed by atoms with van der Waals surface area (Å²) in [6, 6.07) is 15.0. The second-order valence-corrected chi connectivity index (χ2v) is 9.57. The van der Waals surface area contributed by atoms with E-state index in [-0.39, 0.29) is 0 Å². The van der Waals surface area contributed by atoms with Gasteiger partial charge in [0.1, 0.15) is 23.1 Å². The van der Waals surface area contributed by atoms with Crippen molar-refractivity contribution in [3.8, 4) is 11.5 Å². The summed E-state index contributed by atoms with van der Waals surface area (Å²) in [7, 11) is 1.65. The highest BCUT2D eigenvalue weighted by molar-refractivity contribution is 8.00. The van der Waals surface area contributed by atoms with Crippen molar-refractivity contribution in [3.63, 3.8) is 0 Å². The van der Waals surface area contributed by atoms with Gasteiger partial charge >= 0.3 is 0 Å². The lowest BCUT2D eigenvalue weighted by molar-refractivity contribution is 0.305. The van der Waals surface area contributed by atoms with E-state index in [9.17, 15) is 0 Å². The molecule has 2 heterocycles. The topological polar surface area (TPSA) is 69.2 Å². The third-order valence-electron chi connectivity index (χ3n) is 3.87. The molecule has 2 aromatic heterocycles. The number of methoxy groups -OCH3 is 1. The number of ether oxygens (including phenoxy) is 2. The molecule has 0 radical (unpaired) electrons. The van der Waals surface area contributed by atoms with E-state index in [0.717, 1.165) is 43.1 Å². The molecule has 0 saturated carbocycles. The van der Waals surface area contributed by atoms with Crippen molar-refractivity contribution in [1.29, 1.82) is 0 Å². The van der Waals surface area contributed by atoms with Gasteiger partial charge in [-0.3, -0.25) is 0 Å². The Kier molecular flexibility index (Phi) is 7.06. The number of nitrogens with zero attached hydrogens (tertiary/aromatic N) is 3. The molecular formula is C20H17ClN4O2S3. The minimum absolute atomic E-state index is 0.436. The number of rotatable bonds is 9. The molecule has 2 aromatic carbocycles. The fourth-order valence-corrected chi connectivity index (χ4v) is 5.01. The number of thioether (sulfide) groups is 1. The summed E-state index contributed by atoms with van der Waals surface area (Å²) in [6.07, 6.45) is 0. The highest BCUT2D eigenvalue weighted by atomic mass is 35.5. The van der Waals surface area contributed by atoms with Crippen LogP contribution in [0.25, 0.3) is 0 Å². The Morgan fingerprint density at radius 1 is 1.03 bits per heavy atom. The number of benzene rings is 2. The SMILES string of the molecule is COc1ccc(Nc2nnc(SCc3csc(COc4ccc(Cl)cc4)n3)s2)cc1. The molecule has 0 atom stereocenters. The predicted octanol–water partition coefficient (Wildman–Crippen LogP) is 6.27. The van der Waals surface area contributed by atoms with E-state index in [1.54, 1.807) is 42.3 Å². The Hall–Kier alpha value is -2.33. The van der Waals surface area contributed by atoms with E-state index in [4.69, 9.17) is 21.1 Å². The van der Waals surface area contributed by atoms with Crippen LogP contribution < -0.4 is 14.8 Å². The molecule has 0 aliphatic carbocycles. The minimum Gasteiger partial charge on any atom is -0.497 e. The van der Waals surface area contributed by atoms with Crippen molar-refractivity contribution in [2.24, 2.45) is 0 Å². The summed E-state index contributed by atoms with van der Waals surface area (Å²) in [5.74, 6) is 2.32. The smallest absolute Gasteiger partial charge is 0.210 e. The Balaban J connectivity index is 1.26. The van der Waals surface area contributed by atoms with Crippen LogP contribution in [0.3, 0.4) is 0 Å². The van der Waals surface area contributed by atoms with Crippen LogP contribution in [0, 0.1) is 0 Å². The normalized spacial score (nSPS) is 10.7. The molecule has 0 fully saturated rings. The molecule has 0 bridgehead atoms. The van der Waals surface area contributed by atoms with E-state index in [0.29, 0.717) is 11.6 Å². The molecule has 6 nitrogen and oxygen atoms in total. The van der Waals surface area contributed by atoms with Gasteiger partial charge < -0.3 is 14.8 Å². The number of hydrogen-bond donors (Lipinski definition) is 1. The van der Waals surface area contributed by atoms with Crippen LogP contribution in [-0.2, 0) is 12.4 Å². The third kappa shape index (κ3) is 5.85. The van der Waals surface area contributed by atoms with E-state index in [1.165, 1.54) is 11.3 Å². The summed E-state index contributed by atoms with van der Waals surface area (Å²) < 4.78 is 11.8.